The zero-order chi connectivity index (χ0) is 17.6. The summed E-state index contributed by atoms with van der Waals surface area (Å²) >= 11 is 0. The summed E-state index contributed by atoms with van der Waals surface area (Å²) < 4.78 is 5.37. The normalized spacial score (nSPS) is 11.3. The van der Waals surface area contributed by atoms with Gasteiger partial charge in [-0.15, -0.1) is 15.0 Å². The van der Waals surface area contributed by atoms with Crippen molar-refractivity contribution in [2.24, 2.45) is 0 Å². The van der Waals surface area contributed by atoms with E-state index < -0.39 is 5.92 Å². The standard InChI is InChI=1S/C17H13N7O/c1-25-16-10-13(5-6-14(16)12(11-19)7-8-18)24-22-17(21-23-24)15-4-2-3-9-20-15/h2-6,9-10,12H,7H2,1H3. The highest BCUT2D eigenvalue weighted by Crippen LogP contribution is 2.30. The van der Waals surface area contributed by atoms with Crippen LogP contribution in [0.15, 0.2) is 42.6 Å². The summed E-state index contributed by atoms with van der Waals surface area (Å²) in [6, 6.07) is 14.8. The molecule has 25 heavy (non-hydrogen) atoms. The number of rotatable bonds is 5. The summed E-state index contributed by atoms with van der Waals surface area (Å²) in [5.41, 5.74) is 1.90. The van der Waals surface area contributed by atoms with Gasteiger partial charge in [0, 0.05) is 17.8 Å². The van der Waals surface area contributed by atoms with Gasteiger partial charge in [-0.05, 0) is 23.4 Å². The van der Waals surface area contributed by atoms with Crippen LogP contribution in [0.2, 0.25) is 0 Å². The zero-order valence-electron chi connectivity index (χ0n) is 13.4. The number of tetrazole rings is 1. The Hall–Kier alpha value is -3.78. The predicted octanol–water partition coefficient (Wildman–Crippen LogP) is 2.25. The van der Waals surface area contributed by atoms with E-state index in [1.165, 1.54) is 11.9 Å². The molecule has 0 saturated heterocycles. The second kappa shape index (κ2) is 7.20. The van der Waals surface area contributed by atoms with Gasteiger partial charge in [-0.2, -0.15) is 10.5 Å². The third-order valence-electron chi connectivity index (χ3n) is 3.58. The van der Waals surface area contributed by atoms with E-state index in [1.54, 1.807) is 30.5 Å². The number of nitriles is 2. The van der Waals surface area contributed by atoms with Gasteiger partial charge in [0.15, 0.2) is 0 Å². The number of benzene rings is 1. The van der Waals surface area contributed by atoms with E-state index in [0.29, 0.717) is 28.5 Å². The van der Waals surface area contributed by atoms with E-state index in [1.807, 2.05) is 18.2 Å². The smallest absolute Gasteiger partial charge is 0.223 e. The maximum absolute atomic E-state index is 9.24. The number of methoxy groups -OCH3 is 1. The van der Waals surface area contributed by atoms with Crippen molar-refractivity contribution in [1.82, 2.24) is 25.2 Å². The Morgan fingerprint density at radius 1 is 1.24 bits per heavy atom. The van der Waals surface area contributed by atoms with Crippen LogP contribution in [0.1, 0.15) is 17.9 Å². The van der Waals surface area contributed by atoms with Gasteiger partial charge >= 0.3 is 0 Å². The molecular formula is C17H13N7O. The first kappa shape index (κ1) is 16.1. The Kier molecular flexibility index (Phi) is 4.63. The molecule has 0 aliphatic carbocycles. The average molecular weight is 331 g/mol. The summed E-state index contributed by atoms with van der Waals surface area (Å²) in [5.74, 6) is 0.348. The molecule has 2 heterocycles. The Labute approximate surface area is 143 Å². The number of pyridine rings is 1. The van der Waals surface area contributed by atoms with Crippen molar-refractivity contribution >= 4 is 0 Å². The van der Waals surface area contributed by atoms with Gasteiger partial charge in [-0.3, -0.25) is 4.98 Å². The van der Waals surface area contributed by atoms with E-state index in [9.17, 15) is 5.26 Å². The Morgan fingerprint density at radius 3 is 2.80 bits per heavy atom. The van der Waals surface area contributed by atoms with Gasteiger partial charge in [0.2, 0.25) is 5.82 Å². The van der Waals surface area contributed by atoms with Gasteiger partial charge in [-0.1, -0.05) is 12.1 Å². The molecule has 8 nitrogen and oxygen atoms in total. The second-order valence-electron chi connectivity index (χ2n) is 5.09. The van der Waals surface area contributed by atoms with Gasteiger partial charge in [0.1, 0.15) is 11.4 Å². The lowest BCUT2D eigenvalue weighted by molar-refractivity contribution is 0.407. The molecule has 0 aliphatic heterocycles. The Balaban J connectivity index is 1.96. The number of ether oxygens (including phenoxy) is 1. The third kappa shape index (κ3) is 3.28. The van der Waals surface area contributed by atoms with Crippen molar-refractivity contribution in [2.75, 3.05) is 7.11 Å². The third-order valence-corrected chi connectivity index (χ3v) is 3.58. The van der Waals surface area contributed by atoms with Gasteiger partial charge in [-0.25, -0.2) is 0 Å². The first-order valence-electron chi connectivity index (χ1n) is 7.43. The van der Waals surface area contributed by atoms with E-state index in [2.05, 4.69) is 26.5 Å². The molecule has 0 amide bonds. The van der Waals surface area contributed by atoms with Crippen LogP contribution in [0, 0.1) is 22.7 Å². The van der Waals surface area contributed by atoms with Crippen molar-refractivity contribution < 1.29 is 4.74 Å². The quantitative estimate of drug-likeness (QED) is 0.704. The lowest BCUT2D eigenvalue weighted by atomic mass is 9.96. The van der Waals surface area contributed by atoms with Gasteiger partial charge < -0.3 is 4.74 Å². The maximum atomic E-state index is 9.24. The van der Waals surface area contributed by atoms with E-state index in [4.69, 9.17) is 10.00 Å². The van der Waals surface area contributed by atoms with Gasteiger partial charge in [0.05, 0.1) is 37.3 Å². The fraction of sp³-hybridized carbons (Fsp3) is 0.176. The molecular weight excluding hydrogens is 318 g/mol. The molecule has 3 rings (SSSR count). The minimum Gasteiger partial charge on any atom is -0.496 e. The molecule has 1 unspecified atom stereocenters. The van der Waals surface area contributed by atoms with Crippen LogP contribution in [-0.4, -0.2) is 32.3 Å². The van der Waals surface area contributed by atoms with Crippen LogP contribution in [0.3, 0.4) is 0 Å². The van der Waals surface area contributed by atoms with E-state index >= 15 is 0 Å². The molecule has 1 atom stereocenters. The van der Waals surface area contributed by atoms with Crippen molar-refractivity contribution in [3.05, 3.63) is 48.2 Å². The zero-order valence-corrected chi connectivity index (χ0v) is 13.4. The molecule has 0 bridgehead atoms. The number of hydrogen-bond donors (Lipinski definition) is 0. The molecule has 0 fully saturated rings. The molecule has 0 aliphatic rings. The van der Waals surface area contributed by atoms with Crippen molar-refractivity contribution in [3.8, 4) is 35.1 Å². The molecule has 3 aromatic rings. The van der Waals surface area contributed by atoms with Crippen molar-refractivity contribution in [1.29, 1.82) is 10.5 Å². The highest BCUT2D eigenvalue weighted by Gasteiger charge is 2.17. The lowest BCUT2D eigenvalue weighted by Gasteiger charge is -2.12. The Morgan fingerprint density at radius 2 is 2.12 bits per heavy atom. The SMILES string of the molecule is COc1cc(-n2nnc(-c3ccccn3)n2)ccc1C(C#N)CC#N. The van der Waals surface area contributed by atoms with Crippen LogP contribution in [0.25, 0.3) is 17.2 Å². The van der Waals surface area contributed by atoms with Crippen LogP contribution < -0.4 is 4.74 Å². The van der Waals surface area contributed by atoms with Crippen LogP contribution >= 0.6 is 0 Å². The summed E-state index contributed by atoms with van der Waals surface area (Å²) in [6.45, 7) is 0. The van der Waals surface area contributed by atoms with E-state index in [-0.39, 0.29) is 6.42 Å². The average Bonchev–Trinajstić information content (AvgIpc) is 3.16. The number of hydrogen-bond acceptors (Lipinski definition) is 7. The number of nitrogens with zero attached hydrogens (tertiary/aromatic N) is 7. The molecule has 0 N–H and O–H groups in total. The molecule has 1 aromatic carbocycles. The second-order valence-corrected chi connectivity index (χ2v) is 5.09. The van der Waals surface area contributed by atoms with Crippen molar-refractivity contribution in [3.63, 3.8) is 0 Å². The van der Waals surface area contributed by atoms with E-state index in [0.717, 1.165) is 0 Å². The first-order chi connectivity index (χ1) is 12.3. The first-order valence-corrected chi connectivity index (χ1v) is 7.43. The Bertz CT molecular complexity index is 953. The topological polar surface area (TPSA) is 113 Å². The minimum absolute atomic E-state index is 0.0948. The largest absolute Gasteiger partial charge is 0.496 e. The highest BCUT2D eigenvalue weighted by atomic mass is 16.5. The fourth-order valence-electron chi connectivity index (χ4n) is 2.35. The predicted molar refractivity (Wildman–Crippen MR) is 87.5 cm³/mol. The molecule has 8 heteroatoms. The molecule has 0 saturated carbocycles. The van der Waals surface area contributed by atoms with Crippen LogP contribution in [-0.2, 0) is 0 Å². The van der Waals surface area contributed by atoms with Crippen LogP contribution in [0.4, 0.5) is 0 Å². The minimum atomic E-state index is -0.554. The molecule has 0 radical (unpaired) electrons. The fourth-order valence-corrected chi connectivity index (χ4v) is 2.35. The summed E-state index contributed by atoms with van der Waals surface area (Å²) in [6.07, 6.45) is 1.75. The van der Waals surface area contributed by atoms with Gasteiger partial charge in [0.25, 0.3) is 0 Å². The monoisotopic (exact) mass is 331 g/mol. The molecule has 122 valence electrons. The summed E-state index contributed by atoms with van der Waals surface area (Å²) in [4.78, 5) is 5.55. The van der Waals surface area contributed by atoms with Crippen LogP contribution in [0.5, 0.6) is 5.75 Å². The molecule has 0 spiro atoms. The van der Waals surface area contributed by atoms with Crippen molar-refractivity contribution in [2.45, 2.75) is 12.3 Å². The summed E-state index contributed by atoms with van der Waals surface area (Å²) in [7, 11) is 1.51. The summed E-state index contributed by atoms with van der Waals surface area (Å²) in [5, 5.41) is 30.5. The number of aromatic nitrogens is 5. The maximum Gasteiger partial charge on any atom is 0.223 e. The lowest BCUT2D eigenvalue weighted by Crippen LogP contribution is -2.03. The highest BCUT2D eigenvalue weighted by molar-refractivity contribution is 5.49. The molecule has 2 aromatic heterocycles.